The second-order valence-corrected chi connectivity index (χ2v) is 5.92. The minimum atomic E-state index is -0.436. The summed E-state index contributed by atoms with van der Waals surface area (Å²) >= 11 is 1.71. The third-order valence-electron chi connectivity index (χ3n) is 3.64. The first-order valence-electron chi connectivity index (χ1n) is 6.73. The van der Waals surface area contributed by atoms with Crippen LogP contribution in [-0.4, -0.2) is 40.1 Å². The van der Waals surface area contributed by atoms with E-state index in [-0.39, 0.29) is 18.3 Å². The largest absolute Gasteiger partial charge is 0.320 e. The molecule has 0 bridgehead atoms. The standard InChI is InChI=1S/C14H18N4OS.ClH/c1-20-9-6-10(15)13(19)18-8-7-17-12-5-3-2-4-11(12)16-14(17)18;/h2-5,10H,6-9,15H2,1H3;1H/t10-;/m0./s1. The molecule has 0 fully saturated rings. The van der Waals surface area contributed by atoms with Crippen LogP contribution in [0.5, 0.6) is 0 Å². The Morgan fingerprint density at radius 1 is 1.43 bits per heavy atom. The van der Waals surface area contributed by atoms with E-state index in [1.54, 1.807) is 16.7 Å². The van der Waals surface area contributed by atoms with Gasteiger partial charge in [0, 0.05) is 13.1 Å². The highest BCUT2D eigenvalue weighted by atomic mass is 35.5. The van der Waals surface area contributed by atoms with Gasteiger partial charge in [-0.15, -0.1) is 12.4 Å². The van der Waals surface area contributed by atoms with E-state index in [0.717, 1.165) is 29.3 Å². The number of carbonyl (C=O) groups is 1. The van der Waals surface area contributed by atoms with Crippen LogP contribution in [0.1, 0.15) is 6.42 Å². The van der Waals surface area contributed by atoms with Gasteiger partial charge in [0.1, 0.15) is 0 Å². The molecule has 1 amide bonds. The van der Waals surface area contributed by atoms with Crippen LogP contribution in [0.25, 0.3) is 11.0 Å². The molecule has 0 unspecified atom stereocenters. The van der Waals surface area contributed by atoms with E-state index < -0.39 is 6.04 Å². The predicted octanol–water partition coefficient (Wildman–Crippen LogP) is 1.89. The number of rotatable bonds is 4. The van der Waals surface area contributed by atoms with E-state index in [0.29, 0.717) is 13.0 Å². The Kier molecular flexibility index (Phi) is 5.13. The average molecular weight is 327 g/mol. The lowest BCUT2D eigenvalue weighted by Crippen LogP contribution is -2.43. The predicted molar refractivity (Wildman–Crippen MR) is 90.3 cm³/mol. The summed E-state index contributed by atoms with van der Waals surface area (Å²) in [6.07, 6.45) is 2.73. The van der Waals surface area contributed by atoms with Crippen LogP contribution < -0.4 is 10.6 Å². The lowest BCUT2D eigenvalue weighted by molar-refractivity contribution is -0.119. The smallest absolute Gasteiger partial charge is 0.246 e. The molecular formula is C14H19ClN4OS. The first kappa shape index (κ1) is 16.1. The zero-order chi connectivity index (χ0) is 14.1. The topological polar surface area (TPSA) is 64.2 Å². The van der Waals surface area contributed by atoms with Crippen molar-refractivity contribution in [3.63, 3.8) is 0 Å². The Hall–Kier alpha value is -1.24. The Morgan fingerprint density at radius 3 is 2.95 bits per heavy atom. The zero-order valence-electron chi connectivity index (χ0n) is 11.9. The van der Waals surface area contributed by atoms with Crippen molar-refractivity contribution in [3.05, 3.63) is 24.3 Å². The van der Waals surface area contributed by atoms with Crippen molar-refractivity contribution < 1.29 is 4.79 Å². The van der Waals surface area contributed by atoms with Crippen molar-refractivity contribution in [2.75, 3.05) is 23.5 Å². The van der Waals surface area contributed by atoms with Crippen LogP contribution >= 0.6 is 24.2 Å². The molecule has 114 valence electrons. The SMILES string of the molecule is CSCC[C@H](N)C(=O)N1CCn2c1nc1ccccc12.Cl. The molecule has 0 radical (unpaired) electrons. The van der Waals surface area contributed by atoms with Crippen molar-refractivity contribution >= 4 is 47.1 Å². The van der Waals surface area contributed by atoms with Crippen LogP contribution in [0.2, 0.25) is 0 Å². The Morgan fingerprint density at radius 2 is 2.19 bits per heavy atom. The van der Waals surface area contributed by atoms with Crippen LogP contribution in [0.4, 0.5) is 5.95 Å². The molecule has 2 heterocycles. The number of nitrogens with zero attached hydrogens (tertiary/aromatic N) is 3. The number of aromatic nitrogens is 2. The molecule has 1 atom stereocenters. The molecule has 3 rings (SSSR count). The number of thioether (sulfide) groups is 1. The van der Waals surface area contributed by atoms with Crippen molar-refractivity contribution in [1.82, 2.24) is 9.55 Å². The van der Waals surface area contributed by atoms with Crippen LogP contribution in [-0.2, 0) is 11.3 Å². The number of halogens is 1. The second kappa shape index (κ2) is 6.68. The maximum Gasteiger partial charge on any atom is 0.246 e. The molecule has 7 heteroatoms. The van der Waals surface area contributed by atoms with E-state index >= 15 is 0 Å². The number of imidazole rings is 1. The third-order valence-corrected chi connectivity index (χ3v) is 4.28. The summed E-state index contributed by atoms with van der Waals surface area (Å²) in [5.74, 6) is 1.61. The van der Waals surface area contributed by atoms with Gasteiger partial charge in [-0.1, -0.05) is 12.1 Å². The van der Waals surface area contributed by atoms with Gasteiger partial charge < -0.3 is 10.3 Å². The minimum Gasteiger partial charge on any atom is -0.320 e. The van der Waals surface area contributed by atoms with Crippen LogP contribution in [0.3, 0.4) is 0 Å². The fourth-order valence-electron chi connectivity index (χ4n) is 2.57. The Bertz CT molecular complexity index is 645. The first-order valence-corrected chi connectivity index (χ1v) is 8.13. The molecule has 1 aromatic carbocycles. The number of anilines is 1. The Labute approximate surface area is 134 Å². The van der Waals surface area contributed by atoms with Crippen molar-refractivity contribution in [2.24, 2.45) is 5.73 Å². The van der Waals surface area contributed by atoms with Gasteiger partial charge in [0.05, 0.1) is 17.1 Å². The molecule has 1 aromatic heterocycles. The monoisotopic (exact) mass is 326 g/mol. The number of benzene rings is 1. The fourth-order valence-corrected chi connectivity index (χ4v) is 3.06. The molecular weight excluding hydrogens is 308 g/mol. The van der Waals surface area contributed by atoms with Gasteiger partial charge >= 0.3 is 0 Å². The van der Waals surface area contributed by atoms with E-state index in [1.165, 1.54) is 0 Å². The van der Waals surface area contributed by atoms with Crippen molar-refractivity contribution in [2.45, 2.75) is 19.0 Å². The van der Waals surface area contributed by atoms with Gasteiger partial charge in [-0.2, -0.15) is 11.8 Å². The normalized spacial score (nSPS) is 14.9. The average Bonchev–Trinajstić information content (AvgIpc) is 3.02. The highest BCUT2D eigenvalue weighted by Crippen LogP contribution is 2.27. The lowest BCUT2D eigenvalue weighted by Gasteiger charge is -2.18. The minimum absolute atomic E-state index is 0. The summed E-state index contributed by atoms with van der Waals surface area (Å²) in [5.41, 5.74) is 8.00. The summed E-state index contributed by atoms with van der Waals surface area (Å²) in [7, 11) is 0. The van der Waals surface area contributed by atoms with Gasteiger partial charge in [0.2, 0.25) is 11.9 Å². The third kappa shape index (κ3) is 2.88. The summed E-state index contributed by atoms with van der Waals surface area (Å²) in [6.45, 7) is 1.45. The summed E-state index contributed by atoms with van der Waals surface area (Å²) < 4.78 is 2.09. The zero-order valence-corrected chi connectivity index (χ0v) is 13.5. The molecule has 0 aliphatic carbocycles. The van der Waals surface area contributed by atoms with E-state index in [1.807, 2.05) is 30.5 Å². The molecule has 2 N–H and O–H groups in total. The first-order chi connectivity index (χ1) is 9.72. The molecule has 21 heavy (non-hydrogen) atoms. The van der Waals surface area contributed by atoms with E-state index in [2.05, 4.69) is 9.55 Å². The number of nitrogens with two attached hydrogens (primary N) is 1. The summed E-state index contributed by atoms with van der Waals surface area (Å²) in [6, 6.07) is 7.52. The molecule has 0 saturated carbocycles. The van der Waals surface area contributed by atoms with Gasteiger partial charge in [-0.05, 0) is 30.6 Å². The van der Waals surface area contributed by atoms with Gasteiger partial charge in [-0.25, -0.2) is 4.98 Å². The molecule has 0 spiro atoms. The molecule has 2 aromatic rings. The summed E-state index contributed by atoms with van der Waals surface area (Å²) in [5, 5.41) is 0. The maximum absolute atomic E-state index is 12.4. The van der Waals surface area contributed by atoms with Crippen LogP contribution in [0, 0.1) is 0 Å². The van der Waals surface area contributed by atoms with Crippen molar-refractivity contribution in [3.8, 4) is 0 Å². The molecule has 0 saturated heterocycles. The fraction of sp³-hybridized carbons (Fsp3) is 0.429. The Balaban J connectivity index is 0.00000161. The maximum atomic E-state index is 12.4. The van der Waals surface area contributed by atoms with Gasteiger partial charge in [0.25, 0.3) is 0 Å². The number of carbonyl (C=O) groups excluding carboxylic acids is 1. The lowest BCUT2D eigenvalue weighted by atomic mass is 10.2. The summed E-state index contributed by atoms with van der Waals surface area (Å²) in [4.78, 5) is 18.7. The van der Waals surface area contributed by atoms with Gasteiger partial charge in [-0.3, -0.25) is 9.69 Å². The molecule has 5 nitrogen and oxygen atoms in total. The quantitative estimate of drug-likeness (QED) is 0.932. The highest BCUT2D eigenvalue weighted by molar-refractivity contribution is 7.98. The van der Waals surface area contributed by atoms with Crippen molar-refractivity contribution in [1.29, 1.82) is 0 Å². The number of hydrogen-bond acceptors (Lipinski definition) is 4. The van der Waals surface area contributed by atoms with Crippen LogP contribution in [0.15, 0.2) is 24.3 Å². The second-order valence-electron chi connectivity index (χ2n) is 4.93. The van der Waals surface area contributed by atoms with E-state index in [9.17, 15) is 4.79 Å². The highest BCUT2D eigenvalue weighted by Gasteiger charge is 2.30. The number of amides is 1. The van der Waals surface area contributed by atoms with Gasteiger partial charge in [0.15, 0.2) is 0 Å². The van der Waals surface area contributed by atoms with E-state index in [4.69, 9.17) is 5.73 Å². The number of fused-ring (bicyclic) bond motifs is 3. The number of hydrogen-bond donors (Lipinski definition) is 1. The molecule has 1 aliphatic rings. The molecule has 1 aliphatic heterocycles. The number of para-hydroxylation sites is 2.